The lowest BCUT2D eigenvalue weighted by atomic mass is 9.98. The van der Waals surface area contributed by atoms with Gasteiger partial charge in [0.05, 0.1) is 0 Å². The second kappa shape index (κ2) is 11.4. The summed E-state index contributed by atoms with van der Waals surface area (Å²) in [5.41, 5.74) is 4.67. The van der Waals surface area contributed by atoms with Gasteiger partial charge in [-0.3, -0.25) is 9.59 Å². The number of carbonyl (C=O) groups excluding carboxylic acids is 2. The number of aliphatic carboxylic acids is 1. The molecular formula is C28H34N2O5. The SMILES string of the molecule is CC[C@@H](CC(=O)NCC1CCC(CC(=O)O)C1)NC(=O)OCC1c2ccccc2-c2ccccc21. The van der Waals surface area contributed by atoms with Gasteiger partial charge in [0.1, 0.15) is 6.61 Å². The van der Waals surface area contributed by atoms with Crippen molar-refractivity contribution in [2.45, 2.75) is 57.4 Å². The van der Waals surface area contributed by atoms with E-state index in [1.807, 2.05) is 31.2 Å². The molecule has 3 atom stereocenters. The lowest BCUT2D eigenvalue weighted by Gasteiger charge is -2.19. The summed E-state index contributed by atoms with van der Waals surface area (Å²) in [7, 11) is 0. The highest BCUT2D eigenvalue weighted by Gasteiger charge is 2.30. The van der Waals surface area contributed by atoms with Crippen LogP contribution in [0.15, 0.2) is 48.5 Å². The molecule has 3 N–H and O–H groups in total. The predicted octanol–water partition coefficient (Wildman–Crippen LogP) is 4.70. The average molecular weight is 479 g/mol. The summed E-state index contributed by atoms with van der Waals surface area (Å²) < 4.78 is 5.61. The minimum Gasteiger partial charge on any atom is -0.481 e. The standard InChI is InChI=1S/C28H34N2O5/c1-2-20(15-26(31)29-16-19-12-11-18(13-19)14-27(32)33)30-28(34)35-17-25-23-9-5-3-7-21(23)22-8-4-6-10-24(22)25/h3-10,18-20,25H,2,11-17H2,1H3,(H,29,31)(H,30,34)(H,32,33)/t18?,19?,20-/m0/s1. The number of alkyl carbamates (subject to hydrolysis) is 1. The Bertz CT molecular complexity index is 1020. The van der Waals surface area contributed by atoms with E-state index in [9.17, 15) is 14.4 Å². The molecule has 1 saturated carbocycles. The number of carboxylic acids is 1. The van der Waals surface area contributed by atoms with Crippen molar-refractivity contribution in [2.24, 2.45) is 11.8 Å². The number of ether oxygens (including phenoxy) is 1. The molecule has 7 heteroatoms. The van der Waals surface area contributed by atoms with E-state index >= 15 is 0 Å². The van der Waals surface area contributed by atoms with E-state index in [4.69, 9.17) is 9.84 Å². The van der Waals surface area contributed by atoms with Gasteiger partial charge in [-0.15, -0.1) is 0 Å². The highest BCUT2D eigenvalue weighted by Crippen LogP contribution is 2.44. The monoisotopic (exact) mass is 478 g/mol. The van der Waals surface area contributed by atoms with Gasteiger partial charge in [0.25, 0.3) is 0 Å². The first-order chi connectivity index (χ1) is 16.9. The minimum absolute atomic E-state index is 0.00658. The molecule has 7 nitrogen and oxygen atoms in total. The third-order valence-corrected chi connectivity index (χ3v) is 7.29. The van der Waals surface area contributed by atoms with E-state index in [0.717, 1.165) is 30.4 Å². The molecule has 2 unspecified atom stereocenters. The van der Waals surface area contributed by atoms with Crippen molar-refractivity contribution in [3.8, 4) is 11.1 Å². The van der Waals surface area contributed by atoms with E-state index in [1.165, 1.54) is 11.1 Å². The van der Waals surface area contributed by atoms with E-state index < -0.39 is 12.1 Å². The molecule has 2 amide bonds. The Balaban J connectivity index is 1.23. The summed E-state index contributed by atoms with van der Waals surface area (Å²) in [6.45, 7) is 2.72. The molecule has 0 radical (unpaired) electrons. The Morgan fingerprint density at radius 2 is 1.63 bits per heavy atom. The van der Waals surface area contributed by atoms with Gasteiger partial charge in [0.15, 0.2) is 0 Å². The van der Waals surface area contributed by atoms with Crippen molar-refractivity contribution in [1.29, 1.82) is 0 Å². The third kappa shape index (κ3) is 6.21. The summed E-state index contributed by atoms with van der Waals surface area (Å²) in [5.74, 6) is -0.360. The maximum Gasteiger partial charge on any atom is 0.407 e. The van der Waals surface area contributed by atoms with Gasteiger partial charge in [0, 0.05) is 31.3 Å². The molecule has 0 aliphatic heterocycles. The number of hydrogen-bond donors (Lipinski definition) is 3. The lowest BCUT2D eigenvalue weighted by Crippen LogP contribution is -2.40. The van der Waals surface area contributed by atoms with Gasteiger partial charge in [-0.2, -0.15) is 0 Å². The molecule has 35 heavy (non-hydrogen) atoms. The number of rotatable bonds is 10. The quantitative estimate of drug-likeness (QED) is 0.459. The summed E-state index contributed by atoms with van der Waals surface area (Å²) in [4.78, 5) is 35.9. The molecule has 4 rings (SSSR count). The van der Waals surface area contributed by atoms with Crippen molar-refractivity contribution in [3.05, 3.63) is 59.7 Å². The molecule has 2 aliphatic rings. The summed E-state index contributed by atoms with van der Waals surface area (Å²) in [6.07, 6.45) is 3.15. The minimum atomic E-state index is -0.759. The number of amides is 2. The number of hydrogen-bond acceptors (Lipinski definition) is 4. The molecule has 0 spiro atoms. The summed E-state index contributed by atoms with van der Waals surface area (Å²) in [5, 5.41) is 14.7. The van der Waals surface area contributed by atoms with Gasteiger partial charge in [-0.25, -0.2) is 4.79 Å². The van der Waals surface area contributed by atoms with Gasteiger partial charge in [-0.05, 0) is 59.8 Å². The van der Waals surface area contributed by atoms with Crippen molar-refractivity contribution in [2.75, 3.05) is 13.2 Å². The number of carbonyl (C=O) groups is 3. The molecule has 2 aromatic carbocycles. The lowest BCUT2D eigenvalue weighted by molar-refractivity contribution is -0.138. The highest BCUT2D eigenvalue weighted by atomic mass is 16.5. The number of benzene rings is 2. The third-order valence-electron chi connectivity index (χ3n) is 7.29. The van der Waals surface area contributed by atoms with Crippen LogP contribution in [-0.2, 0) is 14.3 Å². The smallest absolute Gasteiger partial charge is 0.407 e. The van der Waals surface area contributed by atoms with Crippen LogP contribution in [0.3, 0.4) is 0 Å². The summed E-state index contributed by atoms with van der Waals surface area (Å²) in [6, 6.07) is 16.1. The zero-order valence-electron chi connectivity index (χ0n) is 20.2. The number of fused-ring (bicyclic) bond motifs is 3. The second-order valence-corrected chi connectivity index (χ2v) is 9.73. The van der Waals surface area contributed by atoms with Crippen molar-refractivity contribution in [1.82, 2.24) is 10.6 Å². The molecule has 0 heterocycles. The molecule has 0 aromatic heterocycles. The fraction of sp³-hybridized carbons (Fsp3) is 0.464. The maximum atomic E-state index is 12.6. The first-order valence-corrected chi connectivity index (χ1v) is 12.5. The first kappa shape index (κ1) is 24.8. The molecule has 2 aromatic rings. The van der Waals surface area contributed by atoms with Crippen LogP contribution in [0, 0.1) is 11.8 Å². The Hall–Kier alpha value is -3.35. The van der Waals surface area contributed by atoms with Gasteiger partial charge in [-0.1, -0.05) is 55.5 Å². The van der Waals surface area contributed by atoms with Crippen LogP contribution < -0.4 is 10.6 Å². The van der Waals surface area contributed by atoms with Gasteiger partial charge < -0.3 is 20.5 Å². The number of nitrogens with one attached hydrogen (secondary N) is 2. The largest absolute Gasteiger partial charge is 0.481 e. The van der Waals surface area contributed by atoms with Crippen molar-refractivity contribution in [3.63, 3.8) is 0 Å². The Morgan fingerprint density at radius 1 is 1.00 bits per heavy atom. The van der Waals surface area contributed by atoms with Gasteiger partial charge in [0.2, 0.25) is 5.91 Å². The fourth-order valence-electron chi connectivity index (χ4n) is 5.45. The Morgan fingerprint density at radius 3 is 2.26 bits per heavy atom. The number of carboxylic acid groups (broad SMARTS) is 1. The van der Waals surface area contributed by atoms with Crippen LogP contribution in [0.1, 0.15) is 62.5 Å². The van der Waals surface area contributed by atoms with Crippen LogP contribution in [0.25, 0.3) is 11.1 Å². The Kier molecular flexibility index (Phi) is 8.06. The molecule has 0 bridgehead atoms. The van der Waals surface area contributed by atoms with Crippen molar-refractivity contribution >= 4 is 18.0 Å². The van der Waals surface area contributed by atoms with Crippen LogP contribution in [0.2, 0.25) is 0 Å². The molecular weight excluding hydrogens is 444 g/mol. The van der Waals surface area contributed by atoms with E-state index in [1.54, 1.807) is 0 Å². The van der Waals surface area contributed by atoms with Crippen LogP contribution in [0.4, 0.5) is 4.79 Å². The topological polar surface area (TPSA) is 105 Å². The maximum absolute atomic E-state index is 12.6. The molecule has 1 fully saturated rings. The molecule has 186 valence electrons. The van der Waals surface area contributed by atoms with Crippen molar-refractivity contribution < 1.29 is 24.2 Å². The van der Waals surface area contributed by atoms with Gasteiger partial charge >= 0.3 is 12.1 Å². The normalized spacial score (nSPS) is 19.5. The molecule has 2 aliphatic carbocycles. The fourth-order valence-corrected chi connectivity index (χ4v) is 5.45. The average Bonchev–Trinajstić information content (AvgIpc) is 3.42. The van der Waals surface area contributed by atoms with Crippen LogP contribution in [0.5, 0.6) is 0 Å². The van der Waals surface area contributed by atoms with Crippen LogP contribution >= 0.6 is 0 Å². The zero-order valence-corrected chi connectivity index (χ0v) is 20.2. The van der Waals surface area contributed by atoms with E-state index in [2.05, 4.69) is 34.9 Å². The predicted molar refractivity (Wildman–Crippen MR) is 133 cm³/mol. The summed E-state index contributed by atoms with van der Waals surface area (Å²) >= 11 is 0. The van der Waals surface area contributed by atoms with E-state index in [-0.39, 0.29) is 43.2 Å². The zero-order chi connectivity index (χ0) is 24.8. The first-order valence-electron chi connectivity index (χ1n) is 12.5. The van der Waals surface area contributed by atoms with Crippen LogP contribution in [-0.4, -0.2) is 42.3 Å². The Labute approximate surface area is 206 Å². The van der Waals surface area contributed by atoms with E-state index in [0.29, 0.717) is 18.9 Å². The highest BCUT2D eigenvalue weighted by molar-refractivity contribution is 5.79. The molecule has 0 saturated heterocycles. The second-order valence-electron chi connectivity index (χ2n) is 9.73.